The summed E-state index contributed by atoms with van der Waals surface area (Å²) in [6.45, 7) is 3.06. The molecule has 0 saturated heterocycles. The summed E-state index contributed by atoms with van der Waals surface area (Å²) in [5.74, 6) is 0. The van der Waals surface area contributed by atoms with Crippen LogP contribution in [0.3, 0.4) is 0 Å². The van der Waals surface area contributed by atoms with Crippen molar-refractivity contribution in [3.8, 4) is 0 Å². The number of thiophene rings is 1. The van der Waals surface area contributed by atoms with Gasteiger partial charge >= 0.3 is 0 Å². The van der Waals surface area contributed by atoms with Crippen LogP contribution in [0.2, 0.25) is 0 Å². The standard InChI is InChI=1S/C12H17NS/c1-2-3-8-13-11-5-4-6-12-10(11)7-9-14-12/h2-3,7,9,11,13H,4-6,8H2,1H3/b3-2+. The van der Waals surface area contributed by atoms with E-state index in [1.165, 1.54) is 19.3 Å². The summed E-state index contributed by atoms with van der Waals surface area (Å²) < 4.78 is 0. The third-order valence-electron chi connectivity index (χ3n) is 2.77. The number of nitrogens with one attached hydrogen (secondary N) is 1. The van der Waals surface area contributed by atoms with Crippen LogP contribution in [0.5, 0.6) is 0 Å². The van der Waals surface area contributed by atoms with Crippen molar-refractivity contribution >= 4 is 11.3 Å². The van der Waals surface area contributed by atoms with Gasteiger partial charge in [0, 0.05) is 17.5 Å². The second kappa shape index (κ2) is 4.76. The highest BCUT2D eigenvalue weighted by Gasteiger charge is 2.19. The van der Waals surface area contributed by atoms with Crippen LogP contribution in [0, 0.1) is 0 Å². The maximum absolute atomic E-state index is 3.58. The smallest absolute Gasteiger partial charge is 0.0334 e. The first kappa shape index (κ1) is 9.94. The maximum atomic E-state index is 3.58. The minimum Gasteiger partial charge on any atom is -0.306 e. The second-order valence-electron chi connectivity index (χ2n) is 3.72. The van der Waals surface area contributed by atoms with Crippen LogP contribution >= 0.6 is 11.3 Å². The van der Waals surface area contributed by atoms with Gasteiger partial charge in [0.05, 0.1) is 0 Å². The van der Waals surface area contributed by atoms with Crippen molar-refractivity contribution in [1.29, 1.82) is 0 Å². The molecule has 0 radical (unpaired) electrons. The van der Waals surface area contributed by atoms with Crippen molar-refractivity contribution in [2.24, 2.45) is 0 Å². The van der Waals surface area contributed by atoms with Crippen LogP contribution < -0.4 is 5.32 Å². The Morgan fingerprint density at radius 2 is 2.57 bits per heavy atom. The molecule has 0 fully saturated rings. The zero-order chi connectivity index (χ0) is 9.80. The van der Waals surface area contributed by atoms with E-state index in [0.717, 1.165) is 6.54 Å². The van der Waals surface area contributed by atoms with Gasteiger partial charge < -0.3 is 5.32 Å². The summed E-state index contributed by atoms with van der Waals surface area (Å²) in [6.07, 6.45) is 8.20. The van der Waals surface area contributed by atoms with Gasteiger partial charge in [-0.15, -0.1) is 11.3 Å². The molecule has 1 aliphatic rings. The molecule has 2 rings (SSSR count). The van der Waals surface area contributed by atoms with Gasteiger partial charge in [-0.1, -0.05) is 12.2 Å². The first-order valence-electron chi connectivity index (χ1n) is 5.32. The molecule has 0 saturated carbocycles. The Morgan fingerprint density at radius 1 is 1.64 bits per heavy atom. The number of rotatable bonds is 3. The Kier molecular flexibility index (Phi) is 3.38. The second-order valence-corrected chi connectivity index (χ2v) is 4.72. The highest BCUT2D eigenvalue weighted by atomic mass is 32.1. The van der Waals surface area contributed by atoms with E-state index in [2.05, 4.69) is 35.8 Å². The Bertz CT molecular complexity index is 314. The number of allylic oxidation sites excluding steroid dienone is 1. The summed E-state index contributed by atoms with van der Waals surface area (Å²) in [5.41, 5.74) is 1.55. The summed E-state index contributed by atoms with van der Waals surface area (Å²) in [7, 11) is 0. The first-order chi connectivity index (χ1) is 6.92. The van der Waals surface area contributed by atoms with Crippen LogP contribution in [0.1, 0.15) is 36.2 Å². The van der Waals surface area contributed by atoms with E-state index >= 15 is 0 Å². The number of fused-ring (bicyclic) bond motifs is 1. The minimum absolute atomic E-state index is 0.598. The highest BCUT2D eigenvalue weighted by Crippen LogP contribution is 2.32. The number of aryl methyl sites for hydroxylation is 1. The lowest BCUT2D eigenvalue weighted by Crippen LogP contribution is -2.24. The quantitative estimate of drug-likeness (QED) is 0.750. The van der Waals surface area contributed by atoms with E-state index < -0.39 is 0 Å². The average molecular weight is 207 g/mol. The Morgan fingerprint density at radius 3 is 3.43 bits per heavy atom. The summed E-state index contributed by atoms with van der Waals surface area (Å²) >= 11 is 1.91. The average Bonchev–Trinajstić information content (AvgIpc) is 2.67. The Hall–Kier alpha value is -0.600. The molecule has 76 valence electrons. The zero-order valence-corrected chi connectivity index (χ0v) is 9.44. The van der Waals surface area contributed by atoms with E-state index in [9.17, 15) is 0 Å². The lowest BCUT2D eigenvalue weighted by atomic mass is 9.94. The van der Waals surface area contributed by atoms with Gasteiger partial charge in [0.25, 0.3) is 0 Å². The maximum Gasteiger partial charge on any atom is 0.0334 e. The molecule has 1 aromatic heterocycles. The molecule has 2 heteroatoms. The zero-order valence-electron chi connectivity index (χ0n) is 8.62. The van der Waals surface area contributed by atoms with Crippen LogP contribution in [0.4, 0.5) is 0 Å². The fourth-order valence-corrected chi connectivity index (χ4v) is 3.01. The van der Waals surface area contributed by atoms with Crippen molar-refractivity contribution in [3.05, 3.63) is 34.0 Å². The molecule has 1 atom stereocenters. The van der Waals surface area contributed by atoms with Gasteiger partial charge in [0.1, 0.15) is 0 Å². The monoisotopic (exact) mass is 207 g/mol. The van der Waals surface area contributed by atoms with Gasteiger partial charge in [-0.3, -0.25) is 0 Å². The predicted octanol–water partition coefficient (Wildman–Crippen LogP) is 3.29. The van der Waals surface area contributed by atoms with E-state index in [4.69, 9.17) is 0 Å². The molecule has 14 heavy (non-hydrogen) atoms. The molecule has 0 bridgehead atoms. The van der Waals surface area contributed by atoms with Crippen molar-refractivity contribution in [3.63, 3.8) is 0 Å². The Balaban J connectivity index is 2.01. The molecule has 0 aliphatic heterocycles. The summed E-state index contributed by atoms with van der Waals surface area (Å²) in [5, 5.41) is 5.81. The lowest BCUT2D eigenvalue weighted by Gasteiger charge is -2.23. The first-order valence-corrected chi connectivity index (χ1v) is 6.20. The van der Waals surface area contributed by atoms with Crippen molar-refractivity contribution in [2.45, 2.75) is 32.2 Å². The van der Waals surface area contributed by atoms with Crippen molar-refractivity contribution < 1.29 is 0 Å². The van der Waals surface area contributed by atoms with E-state index in [0.29, 0.717) is 6.04 Å². The van der Waals surface area contributed by atoms with Crippen molar-refractivity contribution in [2.75, 3.05) is 6.54 Å². The highest BCUT2D eigenvalue weighted by molar-refractivity contribution is 7.10. The van der Waals surface area contributed by atoms with Gasteiger partial charge in [0.2, 0.25) is 0 Å². The van der Waals surface area contributed by atoms with Gasteiger partial charge in [0.15, 0.2) is 0 Å². The normalized spacial score (nSPS) is 21.4. The van der Waals surface area contributed by atoms with E-state index in [1.807, 2.05) is 11.3 Å². The van der Waals surface area contributed by atoms with Crippen molar-refractivity contribution in [1.82, 2.24) is 5.32 Å². The van der Waals surface area contributed by atoms with Crippen LogP contribution in [0.25, 0.3) is 0 Å². The third kappa shape index (κ3) is 2.07. The Labute approximate surface area is 89.8 Å². The molecule has 0 aromatic carbocycles. The van der Waals surface area contributed by atoms with Gasteiger partial charge in [-0.05, 0) is 43.2 Å². The number of hydrogen-bond donors (Lipinski definition) is 1. The van der Waals surface area contributed by atoms with Crippen LogP contribution in [-0.4, -0.2) is 6.54 Å². The molecule has 1 N–H and O–H groups in total. The number of hydrogen-bond acceptors (Lipinski definition) is 2. The molecule has 1 nitrogen and oxygen atoms in total. The molecule has 0 spiro atoms. The van der Waals surface area contributed by atoms with E-state index in [-0.39, 0.29) is 0 Å². The van der Waals surface area contributed by atoms with Gasteiger partial charge in [-0.25, -0.2) is 0 Å². The lowest BCUT2D eigenvalue weighted by molar-refractivity contribution is 0.485. The minimum atomic E-state index is 0.598. The predicted molar refractivity (Wildman–Crippen MR) is 62.8 cm³/mol. The fraction of sp³-hybridized carbons (Fsp3) is 0.500. The van der Waals surface area contributed by atoms with Gasteiger partial charge in [-0.2, -0.15) is 0 Å². The summed E-state index contributed by atoms with van der Waals surface area (Å²) in [6, 6.07) is 2.88. The molecular formula is C12H17NS. The molecular weight excluding hydrogens is 190 g/mol. The van der Waals surface area contributed by atoms with E-state index in [1.54, 1.807) is 10.4 Å². The molecule has 1 aromatic rings. The molecule has 1 unspecified atom stereocenters. The molecule has 1 heterocycles. The van der Waals surface area contributed by atoms with Crippen LogP contribution in [0.15, 0.2) is 23.6 Å². The molecule has 0 amide bonds. The SMILES string of the molecule is C/C=C/CNC1CCCc2sccc21. The third-order valence-corrected chi connectivity index (χ3v) is 3.77. The molecule has 1 aliphatic carbocycles. The summed E-state index contributed by atoms with van der Waals surface area (Å²) in [4.78, 5) is 1.59. The largest absolute Gasteiger partial charge is 0.306 e. The van der Waals surface area contributed by atoms with Crippen LogP contribution in [-0.2, 0) is 6.42 Å². The topological polar surface area (TPSA) is 12.0 Å². The fourth-order valence-electron chi connectivity index (χ4n) is 2.03.